The summed E-state index contributed by atoms with van der Waals surface area (Å²) in [4.78, 5) is 37.7. The van der Waals surface area contributed by atoms with Gasteiger partial charge in [-0.2, -0.15) is 0 Å². The van der Waals surface area contributed by atoms with Crippen LogP contribution in [0.15, 0.2) is 85.1 Å². The van der Waals surface area contributed by atoms with E-state index >= 15 is 0 Å². The molecule has 1 amide bonds. The summed E-state index contributed by atoms with van der Waals surface area (Å²) in [7, 11) is 1.47. The Morgan fingerprint density at radius 2 is 0.853 bits per heavy atom. The predicted octanol–water partition coefficient (Wildman–Crippen LogP) is 19.0. The largest absolute Gasteiger partial charge is 0.472 e. The van der Waals surface area contributed by atoms with Crippen molar-refractivity contribution in [2.45, 2.75) is 277 Å². The van der Waals surface area contributed by atoms with E-state index in [1.165, 1.54) is 135 Å². The number of phosphoric ester groups is 1. The molecule has 75 heavy (non-hydrogen) atoms. The number of carbonyl (C=O) groups is 2. The fraction of sp³-hybridized carbons (Fsp3) is 0.754. The molecule has 0 heterocycles. The summed E-state index contributed by atoms with van der Waals surface area (Å²) in [5.41, 5.74) is 0. The smallest absolute Gasteiger partial charge is 0.456 e. The van der Waals surface area contributed by atoms with Gasteiger partial charge in [-0.15, -0.1) is 0 Å². The maximum Gasteiger partial charge on any atom is 0.472 e. The van der Waals surface area contributed by atoms with E-state index in [4.69, 9.17) is 13.8 Å². The number of ether oxygens (including phenoxy) is 1. The number of nitrogens with zero attached hydrogens (tertiary/aromatic N) is 1. The monoisotopic (exact) mass is 1070 g/mol. The van der Waals surface area contributed by atoms with Gasteiger partial charge in [0.1, 0.15) is 19.3 Å². The fourth-order valence-corrected chi connectivity index (χ4v) is 9.33. The third-order valence-corrected chi connectivity index (χ3v) is 14.3. The zero-order valence-corrected chi connectivity index (χ0v) is 50.4. The molecule has 0 saturated carbocycles. The molecule has 0 spiro atoms. The Kier molecular flexibility index (Phi) is 52.5. The van der Waals surface area contributed by atoms with Crippen LogP contribution in [0.1, 0.15) is 265 Å². The van der Waals surface area contributed by atoms with Crippen LogP contribution in [-0.4, -0.2) is 74.3 Å². The Morgan fingerprint density at radius 1 is 0.480 bits per heavy atom. The van der Waals surface area contributed by atoms with Gasteiger partial charge in [-0.05, 0) is 83.1 Å². The highest BCUT2D eigenvalue weighted by Gasteiger charge is 2.30. The summed E-state index contributed by atoms with van der Waals surface area (Å²) in [5.74, 6) is -0.552. The second-order valence-electron chi connectivity index (χ2n) is 21.9. The van der Waals surface area contributed by atoms with Crippen LogP contribution in [0.4, 0.5) is 0 Å². The molecule has 0 radical (unpaired) electrons. The predicted molar refractivity (Wildman–Crippen MR) is 323 cm³/mol. The number of phosphoric acid groups is 1. The zero-order valence-electron chi connectivity index (χ0n) is 49.5. The maximum absolute atomic E-state index is 13.5. The van der Waals surface area contributed by atoms with Gasteiger partial charge in [-0.25, -0.2) is 4.57 Å². The second-order valence-corrected chi connectivity index (χ2v) is 23.3. The van der Waals surface area contributed by atoms with Crippen LogP contribution in [-0.2, 0) is 27.9 Å². The first-order valence-corrected chi connectivity index (χ1v) is 32.4. The quantitative estimate of drug-likeness (QED) is 0.0205. The number of unbranched alkanes of at least 4 members (excludes halogenated alkanes) is 27. The van der Waals surface area contributed by atoms with Crippen molar-refractivity contribution in [3.8, 4) is 0 Å². The first-order chi connectivity index (χ1) is 36.4. The number of amides is 1. The molecular formula is C65H118N2O7P+. The van der Waals surface area contributed by atoms with Crippen molar-refractivity contribution in [2.24, 2.45) is 0 Å². The Labute approximate surface area is 463 Å². The standard InChI is InChI=1S/C65H117N2O7P/c1-7-10-13-16-19-22-25-28-30-31-32-33-34-35-37-40-43-46-49-52-55-58-65(69)74-63(56-53-50-47-44-41-38-27-24-21-18-15-12-9-3)62(61-73-75(70,71)72-60-59-67(4,5)6)66-64(68)57-54-51-48-45-42-39-36-29-26-23-20-17-14-11-8-2/h10,13,19,22,28,30,32-33,35,37,43,46,53,56,62-63H,7-9,11-12,14-18,20-21,23-27,29,31,34,36,38-42,44-45,47-52,54-55,57-61H2,1-6H3,(H-,66,68,70,71)/p+1/b13-10-,22-19-,30-28-,33-32-,37-35-,46-43-,56-53+. The summed E-state index contributed by atoms with van der Waals surface area (Å²) in [6.07, 6.45) is 71.5. The van der Waals surface area contributed by atoms with Crippen LogP contribution in [0.2, 0.25) is 0 Å². The number of quaternary nitrogens is 1. The van der Waals surface area contributed by atoms with Crippen molar-refractivity contribution in [3.05, 3.63) is 85.1 Å². The maximum atomic E-state index is 13.5. The molecule has 3 unspecified atom stereocenters. The van der Waals surface area contributed by atoms with Gasteiger partial charge in [0, 0.05) is 12.8 Å². The molecule has 0 aromatic rings. The van der Waals surface area contributed by atoms with Gasteiger partial charge in [-0.1, -0.05) is 254 Å². The molecule has 0 aliphatic rings. The molecule has 0 aromatic heterocycles. The fourth-order valence-electron chi connectivity index (χ4n) is 8.59. The van der Waals surface area contributed by atoms with Crippen molar-refractivity contribution >= 4 is 19.7 Å². The molecule has 10 heteroatoms. The molecule has 3 atom stereocenters. The molecule has 0 bridgehead atoms. The van der Waals surface area contributed by atoms with Gasteiger partial charge in [0.05, 0.1) is 33.8 Å². The summed E-state index contributed by atoms with van der Waals surface area (Å²) in [6.45, 7) is 6.88. The molecule has 0 aliphatic heterocycles. The Morgan fingerprint density at radius 3 is 1.29 bits per heavy atom. The van der Waals surface area contributed by atoms with Crippen LogP contribution in [0, 0.1) is 0 Å². The number of hydrogen-bond donors (Lipinski definition) is 2. The van der Waals surface area contributed by atoms with E-state index in [1.54, 1.807) is 0 Å². The normalized spacial score (nSPS) is 14.3. The molecular weight excluding hydrogens is 952 g/mol. The molecule has 434 valence electrons. The topological polar surface area (TPSA) is 111 Å². The number of allylic oxidation sites excluding steroid dienone is 13. The average Bonchev–Trinajstić information content (AvgIpc) is 3.37. The lowest BCUT2D eigenvalue weighted by Crippen LogP contribution is -2.47. The lowest BCUT2D eigenvalue weighted by molar-refractivity contribution is -0.870. The minimum Gasteiger partial charge on any atom is -0.456 e. The van der Waals surface area contributed by atoms with Crippen molar-refractivity contribution in [1.82, 2.24) is 5.32 Å². The number of rotatable bonds is 55. The molecule has 0 aliphatic carbocycles. The van der Waals surface area contributed by atoms with Crippen LogP contribution < -0.4 is 5.32 Å². The second kappa shape index (κ2) is 54.5. The zero-order chi connectivity index (χ0) is 55.0. The Hall–Kier alpha value is -2.81. The highest BCUT2D eigenvalue weighted by Crippen LogP contribution is 2.43. The third kappa shape index (κ3) is 55.7. The van der Waals surface area contributed by atoms with E-state index in [1.807, 2.05) is 33.3 Å². The van der Waals surface area contributed by atoms with E-state index < -0.39 is 20.0 Å². The summed E-state index contributed by atoms with van der Waals surface area (Å²) in [6, 6.07) is -0.868. The van der Waals surface area contributed by atoms with Crippen molar-refractivity contribution in [2.75, 3.05) is 40.9 Å². The van der Waals surface area contributed by atoms with Crippen LogP contribution in [0.25, 0.3) is 0 Å². The highest BCUT2D eigenvalue weighted by atomic mass is 31.2. The number of esters is 1. The highest BCUT2D eigenvalue weighted by molar-refractivity contribution is 7.47. The van der Waals surface area contributed by atoms with E-state index in [9.17, 15) is 19.0 Å². The van der Waals surface area contributed by atoms with Crippen molar-refractivity contribution in [3.63, 3.8) is 0 Å². The Balaban J connectivity index is 5.37. The minimum atomic E-state index is -4.46. The number of hydrogen-bond acceptors (Lipinski definition) is 6. The van der Waals surface area contributed by atoms with Crippen LogP contribution in [0.3, 0.4) is 0 Å². The van der Waals surface area contributed by atoms with Crippen LogP contribution in [0.5, 0.6) is 0 Å². The van der Waals surface area contributed by atoms with Gasteiger partial charge in [0.15, 0.2) is 0 Å². The van der Waals surface area contributed by atoms with E-state index in [-0.39, 0.29) is 31.5 Å². The lowest BCUT2D eigenvalue weighted by Gasteiger charge is -2.27. The first-order valence-electron chi connectivity index (χ1n) is 30.9. The van der Waals surface area contributed by atoms with Gasteiger partial charge in [0.2, 0.25) is 5.91 Å². The number of nitrogens with one attached hydrogen (secondary N) is 1. The third-order valence-electron chi connectivity index (χ3n) is 13.3. The molecule has 2 N–H and O–H groups in total. The minimum absolute atomic E-state index is 0.0311. The summed E-state index contributed by atoms with van der Waals surface area (Å²) in [5, 5.41) is 3.05. The molecule has 0 rings (SSSR count). The molecule has 0 fully saturated rings. The van der Waals surface area contributed by atoms with Gasteiger partial charge < -0.3 is 19.4 Å². The molecule has 9 nitrogen and oxygen atoms in total. The molecule has 0 saturated heterocycles. The van der Waals surface area contributed by atoms with Crippen LogP contribution >= 0.6 is 7.82 Å². The first kappa shape index (κ1) is 72.2. The van der Waals surface area contributed by atoms with E-state index in [0.717, 1.165) is 89.9 Å². The SMILES string of the molecule is CC/C=C\C/C=C\C/C=C\C/C=C\C/C=C\C/C=C\CCCCC(=O)OC(/C=C/CCCCCCCCCCCCC)C(COP(=O)(O)OCC[N+](C)(C)C)NC(=O)CCCCCCCCCCCCCCCCC. The summed E-state index contributed by atoms with van der Waals surface area (Å²) >= 11 is 0. The van der Waals surface area contributed by atoms with E-state index in [0.29, 0.717) is 23.9 Å². The lowest BCUT2D eigenvalue weighted by atomic mass is 10.0. The van der Waals surface area contributed by atoms with Crippen molar-refractivity contribution in [1.29, 1.82) is 0 Å². The van der Waals surface area contributed by atoms with Gasteiger partial charge in [0.25, 0.3) is 0 Å². The van der Waals surface area contributed by atoms with E-state index in [2.05, 4.69) is 99.0 Å². The molecule has 0 aromatic carbocycles. The van der Waals surface area contributed by atoms with Gasteiger partial charge >= 0.3 is 13.8 Å². The number of carbonyl (C=O) groups excluding carboxylic acids is 2. The van der Waals surface area contributed by atoms with Crippen molar-refractivity contribution < 1.29 is 37.3 Å². The number of likely N-dealkylation sites (N-methyl/N-ethyl adjacent to an activating group) is 1. The average molecular weight is 1070 g/mol. The summed E-state index contributed by atoms with van der Waals surface area (Å²) < 4.78 is 30.7. The Bertz CT molecular complexity index is 1560. The van der Waals surface area contributed by atoms with Gasteiger partial charge in [-0.3, -0.25) is 18.6 Å².